The molecule has 1 unspecified atom stereocenters. The zero-order chi connectivity index (χ0) is 20.6. The van der Waals surface area contributed by atoms with Crippen LogP contribution in [0.3, 0.4) is 0 Å². The van der Waals surface area contributed by atoms with Crippen LogP contribution in [0, 0.1) is 12.8 Å². The number of hydrogen-bond donors (Lipinski definition) is 0. The van der Waals surface area contributed by atoms with Gasteiger partial charge < -0.3 is 4.74 Å². The average Bonchev–Trinajstić information content (AvgIpc) is 3.14. The lowest BCUT2D eigenvalue weighted by Crippen LogP contribution is -2.19. The first kappa shape index (κ1) is 21.3. The number of carbonyl (C=O) groups is 1. The minimum absolute atomic E-state index is 0.225. The number of hydrogen-bond acceptors (Lipinski definition) is 5. The number of rotatable bonds is 9. The Morgan fingerprint density at radius 3 is 2.34 bits per heavy atom. The summed E-state index contributed by atoms with van der Waals surface area (Å²) in [4.78, 5) is 12.4. The first-order valence-corrected chi connectivity index (χ1v) is 11.0. The normalized spacial score (nSPS) is 15.8. The van der Waals surface area contributed by atoms with Crippen molar-refractivity contribution in [1.82, 2.24) is 0 Å². The molecule has 2 aromatic carbocycles. The monoisotopic (exact) mass is 408 g/mol. The second-order valence-electron chi connectivity index (χ2n) is 7.33. The number of benzene rings is 2. The Kier molecular flexibility index (Phi) is 7.64. The Hall–Kier alpha value is -2.40. The second kappa shape index (κ2) is 10.4. The second-order valence-corrected chi connectivity index (χ2v) is 8.32. The first-order chi connectivity index (χ1) is 14.1. The van der Waals surface area contributed by atoms with Crippen LogP contribution < -0.4 is 4.74 Å². The number of carbonyl (C=O) groups excluding carboxylic acids is 1. The molecule has 2 aromatic rings. The Balaban J connectivity index is 1.47. The van der Waals surface area contributed by atoms with E-state index in [1.807, 2.05) is 36.4 Å². The molecule has 3 rings (SSSR count). The van der Waals surface area contributed by atoms with Gasteiger partial charge in [0.1, 0.15) is 16.6 Å². The lowest BCUT2D eigenvalue weighted by atomic mass is 9.96. The molecule has 0 fully saturated rings. The number of methoxy groups -OCH3 is 1. The quantitative estimate of drug-likeness (QED) is 0.567. The van der Waals surface area contributed by atoms with Gasteiger partial charge in [-0.2, -0.15) is 5.10 Å². The summed E-state index contributed by atoms with van der Waals surface area (Å²) in [6.45, 7) is 4.21. The third kappa shape index (κ3) is 6.04. The molecule has 4 nitrogen and oxygen atoms in total. The summed E-state index contributed by atoms with van der Waals surface area (Å²) in [5.74, 6) is 1.79. The third-order valence-corrected chi connectivity index (χ3v) is 6.25. The molecule has 0 amide bonds. The summed E-state index contributed by atoms with van der Waals surface area (Å²) < 4.78 is 5.21. The lowest BCUT2D eigenvalue weighted by Gasteiger charge is -2.13. The van der Waals surface area contributed by atoms with Crippen LogP contribution in [-0.4, -0.2) is 29.4 Å². The van der Waals surface area contributed by atoms with Gasteiger partial charge in [0.25, 0.3) is 0 Å². The van der Waals surface area contributed by atoms with E-state index in [2.05, 4.69) is 36.2 Å². The van der Waals surface area contributed by atoms with E-state index in [9.17, 15) is 4.79 Å². The molecule has 0 saturated heterocycles. The maximum atomic E-state index is 12.4. The molecule has 0 bridgehead atoms. The predicted octanol–water partition coefficient (Wildman–Crippen LogP) is 5.28. The van der Waals surface area contributed by atoms with Crippen molar-refractivity contribution in [2.45, 2.75) is 39.5 Å². The third-order valence-electron chi connectivity index (χ3n) is 5.12. The first-order valence-electron chi connectivity index (χ1n) is 10.1. The summed E-state index contributed by atoms with van der Waals surface area (Å²) in [5.41, 5.74) is 4.66. The number of aryl methyl sites for hydroxylation is 2. The van der Waals surface area contributed by atoms with E-state index in [0.717, 1.165) is 41.3 Å². The summed E-state index contributed by atoms with van der Waals surface area (Å²) in [6.07, 6.45) is 3.25. The SMILES string of the molecule is CCC1C(CCc2ccc(OC)cc2)=NN=C1SCC(=O)Cc1ccc(C)cc1. The highest BCUT2D eigenvalue weighted by atomic mass is 32.2. The van der Waals surface area contributed by atoms with Gasteiger partial charge in [-0.15, -0.1) is 16.9 Å². The van der Waals surface area contributed by atoms with Crippen LogP contribution in [0.5, 0.6) is 5.75 Å². The van der Waals surface area contributed by atoms with Crippen molar-refractivity contribution in [3.63, 3.8) is 0 Å². The van der Waals surface area contributed by atoms with Crippen LogP contribution in [-0.2, 0) is 17.6 Å². The molecule has 1 heterocycles. The van der Waals surface area contributed by atoms with Crippen molar-refractivity contribution in [2.24, 2.45) is 16.1 Å². The van der Waals surface area contributed by atoms with Crippen molar-refractivity contribution >= 4 is 28.3 Å². The molecule has 0 saturated carbocycles. The molecule has 0 spiro atoms. The minimum Gasteiger partial charge on any atom is -0.497 e. The van der Waals surface area contributed by atoms with Crippen molar-refractivity contribution < 1.29 is 9.53 Å². The van der Waals surface area contributed by atoms with E-state index in [1.54, 1.807) is 18.9 Å². The summed E-state index contributed by atoms with van der Waals surface area (Å²) in [7, 11) is 1.68. The van der Waals surface area contributed by atoms with Gasteiger partial charge in [0.2, 0.25) is 0 Å². The fourth-order valence-corrected chi connectivity index (χ4v) is 4.38. The van der Waals surface area contributed by atoms with E-state index in [1.165, 1.54) is 11.1 Å². The van der Waals surface area contributed by atoms with Crippen molar-refractivity contribution in [3.8, 4) is 5.75 Å². The lowest BCUT2D eigenvalue weighted by molar-refractivity contribution is -0.115. The number of thioether (sulfide) groups is 1. The summed E-state index contributed by atoms with van der Waals surface area (Å²) in [6, 6.07) is 16.3. The molecule has 0 radical (unpaired) electrons. The van der Waals surface area contributed by atoms with E-state index >= 15 is 0 Å². The molecule has 0 aliphatic carbocycles. The molecule has 5 heteroatoms. The van der Waals surface area contributed by atoms with Gasteiger partial charge in [-0.25, -0.2) is 0 Å². The summed E-state index contributed by atoms with van der Waals surface area (Å²) in [5, 5.41) is 9.81. The maximum absolute atomic E-state index is 12.4. The van der Waals surface area contributed by atoms with Gasteiger partial charge in [0.05, 0.1) is 18.6 Å². The molecule has 1 atom stereocenters. The van der Waals surface area contributed by atoms with Gasteiger partial charge in [-0.05, 0) is 49.4 Å². The zero-order valence-electron chi connectivity index (χ0n) is 17.4. The molecule has 152 valence electrons. The number of ether oxygens (including phenoxy) is 1. The van der Waals surface area contributed by atoms with E-state index < -0.39 is 0 Å². The molecular weight excluding hydrogens is 380 g/mol. The smallest absolute Gasteiger partial charge is 0.147 e. The Bertz CT molecular complexity index is 886. The van der Waals surface area contributed by atoms with E-state index in [-0.39, 0.29) is 11.7 Å². The zero-order valence-corrected chi connectivity index (χ0v) is 18.2. The molecular formula is C24H28N2O2S. The molecule has 29 heavy (non-hydrogen) atoms. The predicted molar refractivity (Wildman–Crippen MR) is 122 cm³/mol. The highest BCUT2D eigenvalue weighted by molar-refractivity contribution is 8.14. The van der Waals surface area contributed by atoms with Crippen LogP contribution in [0.25, 0.3) is 0 Å². The topological polar surface area (TPSA) is 51.0 Å². The molecule has 1 aliphatic heterocycles. The standard InChI is InChI=1S/C24H28N2O2S/c1-4-22-23(14-11-18-9-12-21(28-3)13-10-18)25-26-24(22)29-16-20(27)15-19-7-5-17(2)6-8-19/h5-10,12-13,22H,4,11,14-16H2,1-3H3. The van der Waals surface area contributed by atoms with Crippen molar-refractivity contribution in [3.05, 3.63) is 65.2 Å². The Morgan fingerprint density at radius 1 is 1.00 bits per heavy atom. The van der Waals surface area contributed by atoms with E-state index in [0.29, 0.717) is 12.2 Å². The van der Waals surface area contributed by atoms with Gasteiger partial charge in [-0.1, -0.05) is 48.9 Å². The van der Waals surface area contributed by atoms with E-state index in [4.69, 9.17) is 4.74 Å². The fraction of sp³-hybridized carbons (Fsp3) is 0.375. The largest absolute Gasteiger partial charge is 0.497 e. The van der Waals surface area contributed by atoms with Gasteiger partial charge in [-0.3, -0.25) is 4.79 Å². The Morgan fingerprint density at radius 2 is 1.69 bits per heavy atom. The van der Waals surface area contributed by atoms with Crippen LogP contribution in [0.1, 0.15) is 36.5 Å². The van der Waals surface area contributed by atoms with Crippen LogP contribution >= 0.6 is 11.8 Å². The average molecular weight is 409 g/mol. The fourth-order valence-electron chi connectivity index (χ4n) is 3.36. The van der Waals surface area contributed by atoms with Crippen molar-refractivity contribution in [2.75, 3.05) is 12.9 Å². The Labute approximate surface area is 177 Å². The van der Waals surface area contributed by atoms with Crippen LogP contribution in [0.15, 0.2) is 58.7 Å². The van der Waals surface area contributed by atoms with Gasteiger partial charge in [0.15, 0.2) is 0 Å². The maximum Gasteiger partial charge on any atom is 0.147 e. The number of ketones is 1. The molecule has 1 aliphatic rings. The van der Waals surface area contributed by atoms with Crippen molar-refractivity contribution in [1.29, 1.82) is 0 Å². The minimum atomic E-state index is 0.225. The van der Waals surface area contributed by atoms with Crippen LogP contribution in [0.2, 0.25) is 0 Å². The van der Waals surface area contributed by atoms with Gasteiger partial charge >= 0.3 is 0 Å². The highest BCUT2D eigenvalue weighted by Gasteiger charge is 2.26. The molecule has 0 aromatic heterocycles. The highest BCUT2D eigenvalue weighted by Crippen LogP contribution is 2.26. The van der Waals surface area contributed by atoms with Gasteiger partial charge in [0, 0.05) is 12.3 Å². The number of nitrogens with zero attached hydrogens (tertiary/aromatic N) is 2. The molecule has 0 N–H and O–H groups in total. The summed E-state index contributed by atoms with van der Waals surface area (Å²) >= 11 is 1.55. The number of Topliss-reactive ketones (excluding diaryl/α,β-unsaturated/α-hetero) is 1. The van der Waals surface area contributed by atoms with Crippen LogP contribution in [0.4, 0.5) is 0 Å².